The van der Waals surface area contributed by atoms with E-state index in [9.17, 15) is 19.2 Å². The third-order valence-electron chi connectivity index (χ3n) is 12.8. The Morgan fingerprint density at radius 1 is 0.365 bits per heavy atom. The van der Waals surface area contributed by atoms with E-state index in [1.807, 2.05) is 0 Å². The summed E-state index contributed by atoms with van der Waals surface area (Å²) in [5, 5.41) is 0. The van der Waals surface area contributed by atoms with Crippen LogP contribution in [-0.4, -0.2) is 50.3 Å². The Bertz CT molecular complexity index is 2040. The molecule has 410 valence electrons. The van der Waals surface area contributed by atoms with E-state index < -0.39 is 29.3 Å². The zero-order valence-electron chi connectivity index (χ0n) is 45.1. The van der Waals surface area contributed by atoms with Crippen molar-refractivity contribution < 1.29 is 56.4 Å². The highest BCUT2D eigenvalue weighted by Crippen LogP contribution is 2.29. The second-order valence-corrected chi connectivity index (χ2v) is 19.7. The number of unbranched alkanes of at least 4 members (excludes halogenated alkanes) is 28. The lowest BCUT2D eigenvalue weighted by molar-refractivity contribution is -0.139. The molecule has 0 radical (unpaired) electrons. The van der Waals surface area contributed by atoms with Crippen LogP contribution < -0.4 is 18.9 Å². The van der Waals surface area contributed by atoms with Gasteiger partial charge in [0.05, 0.1) is 37.6 Å². The van der Waals surface area contributed by atoms with E-state index in [2.05, 4.69) is 13.2 Å². The van der Waals surface area contributed by atoms with Gasteiger partial charge in [-0.15, -0.1) is 0 Å². The fourth-order valence-corrected chi connectivity index (χ4v) is 8.35. The summed E-state index contributed by atoms with van der Waals surface area (Å²) in [5.41, 5.74) is 1.17. The summed E-state index contributed by atoms with van der Waals surface area (Å²) in [6, 6.07) is 14.2. The highest BCUT2D eigenvalue weighted by Gasteiger charge is 2.20. The lowest BCUT2D eigenvalue weighted by atomic mass is 10.0. The molecule has 0 aliphatic heterocycles. The van der Waals surface area contributed by atoms with Gasteiger partial charge in [0.1, 0.15) is 17.2 Å². The molecule has 0 spiro atoms. The topological polar surface area (TPSA) is 124 Å². The zero-order valence-corrected chi connectivity index (χ0v) is 45.1. The summed E-state index contributed by atoms with van der Waals surface area (Å²) in [7, 11) is 0. The van der Waals surface area contributed by atoms with Crippen molar-refractivity contribution in [3.63, 3.8) is 0 Å². The average Bonchev–Trinajstić information content (AvgIpc) is 3.38. The van der Waals surface area contributed by atoms with Gasteiger partial charge in [0, 0.05) is 23.3 Å². The summed E-state index contributed by atoms with van der Waals surface area (Å²) in [6.07, 6.45) is 35.6. The smallest absolute Gasteiger partial charge is 0.343 e. The van der Waals surface area contributed by atoms with Crippen LogP contribution in [0.1, 0.15) is 227 Å². The van der Waals surface area contributed by atoms with E-state index in [1.165, 1.54) is 159 Å². The quantitative estimate of drug-likeness (QED) is 0.0234. The van der Waals surface area contributed by atoms with E-state index in [4.69, 9.17) is 28.4 Å². The minimum Gasteiger partial charge on any atom is -0.494 e. The first-order valence-electron chi connectivity index (χ1n) is 28.0. The summed E-state index contributed by atoms with van der Waals surface area (Å²) in [4.78, 5) is 48.3. The van der Waals surface area contributed by atoms with Gasteiger partial charge in [0.15, 0.2) is 11.6 Å². The molecule has 0 heterocycles. The van der Waals surface area contributed by atoms with Crippen molar-refractivity contribution in [3.8, 4) is 23.0 Å². The van der Waals surface area contributed by atoms with E-state index >= 15 is 8.78 Å². The molecule has 10 nitrogen and oxygen atoms in total. The molecule has 0 fully saturated rings. The van der Waals surface area contributed by atoms with E-state index in [0.717, 1.165) is 69.9 Å². The highest BCUT2D eigenvalue weighted by molar-refractivity contribution is 5.92. The van der Waals surface area contributed by atoms with Gasteiger partial charge in [-0.1, -0.05) is 180 Å². The lowest BCUT2D eigenvalue weighted by Gasteiger charge is -2.11. The maximum absolute atomic E-state index is 15.0. The molecule has 0 amide bonds. The monoisotopic (exact) mass is 1030 g/mol. The molecule has 0 aliphatic carbocycles. The molecule has 0 aliphatic rings. The second-order valence-electron chi connectivity index (χ2n) is 19.7. The highest BCUT2D eigenvalue weighted by atomic mass is 19.1. The van der Waals surface area contributed by atoms with Gasteiger partial charge in [-0.25, -0.2) is 28.0 Å². The number of carbonyl (C=O) groups excluding carboxylic acids is 4. The third-order valence-corrected chi connectivity index (χ3v) is 12.8. The number of carbonyl (C=O) groups is 4. The largest absolute Gasteiger partial charge is 0.494 e. The van der Waals surface area contributed by atoms with Crippen LogP contribution in [0, 0.1) is 11.6 Å². The first-order valence-corrected chi connectivity index (χ1v) is 28.0. The molecular formula is C62H88F2O10. The third kappa shape index (κ3) is 29.4. The molecule has 0 atom stereocenters. The standard InChI is InChI=1S/C62H88F2O10/c1-49(2)59(65)71-45-33-29-25-21-17-13-9-5-7-11-15-19-23-27-31-43-69-53-39-35-51(36-40-53)61(67)73-55-47-56(63)58(57(64)48-55)74-62(68)52-37-41-54(42-38-52)70-44-32-28-24-20-16-12-8-6-10-14-18-22-26-30-34-46-72-60(66)50(3)4/h35-42,47-48H,1,3,5-34,43-46H2,2,4H3. The number of esters is 4. The van der Waals surface area contributed by atoms with Crippen molar-refractivity contribution in [2.24, 2.45) is 0 Å². The van der Waals surface area contributed by atoms with Gasteiger partial charge < -0.3 is 28.4 Å². The van der Waals surface area contributed by atoms with Crippen LogP contribution in [0.2, 0.25) is 0 Å². The van der Waals surface area contributed by atoms with Crippen LogP contribution >= 0.6 is 0 Å². The molecule has 0 N–H and O–H groups in total. The van der Waals surface area contributed by atoms with Gasteiger partial charge in [0.2, 0.25) is 5.75 Å². The summed E-state index contributed by atoms with van der Waals surface area (Å²) >= 11 is 0. The Labute approximate surface area is 442 Å². The number of hydrogen-bond donors (Lipinski definition) is 0. The fraction of sp³-hybridized carbons (Fsp3) is 0.581. The molecule has 0 saturated carbocycles. The number of benzene rings is 3. The molecule has 0 aromatic heterocycles. The first kappa shape index (κ1) is 62.8. The van der Waals surface area contributed by atoms with E-state index in [1.54, 1.807) is 38.1 Å². The molecule has 0 unspecified atom stereocenters. The number of halogens is 2. The van der Waals surface area contributed by atoms with Gasteiger partial charge in [-0.2, -0.15) is 0 Å². The molecule has 3 rings (SSSR count). The Morgan fingerprint density at radius 2 is 0.622 bits per heavy atom. The first-order chi connectivity index (χ1) is 35.9. The fourth-order valence-electron chi connectivity index (χ4n) is 8.35. The van der Waals surface area contributed by atoms with Crippen molar-refractivity contribution >= 4 is 23.9 Å². The molecule has 3 aromatic carbocycles. The summed E-state index contributed by atoms with van der Waals surface area (Å²) in [5.74, 6) is -4.81. The Morgan fingerprint density at radius 3 is 0.905 bits per heavy atom. The lowest BCUT2D eigenvalue weighted by Crippen LogP contribution is -2.12. The van der Waals surface area contributed by atoms with Gasteiger partial charge in [0.25, 0.3) is 0 Å². The molecule has 0 saturated heterocycles. The van der Waals surface area contributed by atoms with Crippen molar-refractivity contribution in [2.45, 2.75) is 206 Å². The summed E-state index contributed by atoms with van der Waals surface area (Å²) in [6.45, 7) is 12.6. The second kappa shape index (κ2) is 39.9. The van der Waals surface area contributed by atoms with Crippen molar-refractivity contribution in [2.75, 3.05) is 26.4 Å². The van der Waals surface area contributed by atoms with Gasteiger partial charge in [-0.3, -0.25) is 0 Å². The molecule has 12 heteroatoms. The zero-order chi connectivity index (χ0) is 53.4. The molecule has 0 bridgehead atoms. The predicted molar refractivity (Wildman–Crippen MR) is 290 cm³/mol. The van der Waals surface area contributed by atoms with Crippen LogP contribution in [0.5, 0.6) is 23.0 Å². The van der Waals surface area contributed by atoms with Crippen LogP contribution in [0.15, 0.2) is 85.0 Å². The van der Waals surface area contributed by atoms with Gasteiger partial charge in [-0.05, 0) is 88.1 Å². The van der Waals surface area contributed by atoms with E-state index in [0.29, 0.717) is 49.1 Å². The Balaban J connectivity index is 1.16. The molecule has 3 aromatic rings. The maximum atomic E-state index is 15.0. The van der Waals surface area contributed by atoms with Crippen LogP contribution in [0.4, 0.5) is 8.78 Å². The maximum Gasteiger partial charge on any atom is 0.343 e. The SMILES string of the molecule is C=C(C)C(=O)OCCCCCCCCCCCCCCCCCOc1ccc(C(=O)Oc2cc(F)c(OC(=O)c3ccc(OCCCCCCCCCCCCCCCCCOC(=O)C(=C)C)cc3)c(F)c2)cc1. The Hall–Kier alpha value is -5.52. The van der Waals surface area contributed by atoms with Crippen LogP contribution in [-0.2, 0) is 19.1 Å². The van der Waals surface area contributed by atoms with E-state index in [-0.39, 0.29) is 28.8 Å². The molecular weight excluding hydrogens is 943 g/mol. The van der Waals surface area contributed by atoms with Crippen LogP contribution in [0.3, 0.4) is 0 Å². The van der Waals surface area contributed by atoms with Crippen LogP contribution in [0.25, 0.3) is 0 Å². The van der Waals surface area contributed by atoms with Crippen molar-refractivity contribution in [3.05, 3.63) is 108 Å². The number of rotatable bonds is 44. The number of hydrogen-bond acceptors (Lipinski definition) is 10. The summed E-state index contributed by atoms with van der Waals surface area (Å²) < 4.78 is 62.3. The normalized spacial score (nSPS) is 11.0. The molecule has 74 heavy (non-hydrogen) atoms. The predicted octanol–water partition coefficient (Wildman–Crippen LogP) is 17.1. The van der Waals surface area contributed by atoms with Gasteiger partial charge >= 0.3 is 23.9 Å². The average molecular weight is 1030 g/mol. The number of ether oxygens (including phenoxy) is 6. The minimum atomic E-state index is -1.19. The van der Waals surface area contributed by atoms with Crippen molar-refractivity contribution in [1.29, 1.82) is 0 Å². The Kier molecular flexibility index (Phi) is 33.8. The van der Waals surface area contributed by atoms with Crippen molar-refractivity contribution in [1.82, 2.24) is 0 Å². The minimum absolute atomic E-state index is 0.0912.